The van der Waals surface area contributed by atoms with Crippen LogP contribution in [0.4, 0.5) is 0 Å². The molecular formula is C21H26O5. The van der Waals surface area contributed by atoms with Crippen LogP contribution in [0.3, 0.4) is 0 Å². The summed E-state index contributed by atoms with van der Waals surface area (Å²) < 4.78 is 22.4. The molecule has 5 nitrogen and oxygen atoms in total. The first-order chi connectivity index (χ1) is 12.5. The van der Waals surface area contributed by atoms with Gasteiger partial charge in [-0.15, -0.1) is 0 Å². The second kappa shape index (κ2) is 7.46. The Bertz CT molecular complexity index is 773. The van der Waals surface area contributed by atoms with Crippen molar-refractivity contribution < 1.29 is 24.1 Å². The average Bonchev–Trinajstić information content (AvgIpc) is 2.96. The highest BCUT2D eigenvalue weighted by molar-refractivity contribution is 5.45. The van der Waals surface area contributed by atoms with Gasteiger partial charge in [-0.25, -0.2) is 0 Å². The monoisotopic (exact) mass is 358 g/mol. The molecule has 0 aromatic heterocycles. The van der Waals surface area contributed by atoms with Gasteiger partial charge in [0, 0.05) is 0 Å². The number of hydrogen-bond acceptors (Lipinski definition) is 5. The molecule has 1 aliphatic rings. The van der Waals surface area contributed by atoms with Crippen molar-refractivity contribution in [2.24, 2.45) is 11.8 Å². The maximum absolute atomic E-state index is 9.84. The standard InChI is InChI=1S/C21H26O5/c1-12-13(2)21(15-7-9-17(23-3)19(11-15)25-5)26-20(12)14-6-8-16(22)18(10-14)24-4/h6-13,20-22H,1-5H3/t12-,13-,20-,21+/m0/s1. The van der Waals surface area contributed by atoms with Crippen LogP contribution in [-0.2, 0) is 4.74 Å². The molecule has 1 fully saturated rings. The van der Waals surface area contributed by atoms with Gasteiger partial charge in [0.1, 0.15) is 0 Å². The number of aromatic hydroxyl groups is 1. The molecule has 1 aliphatic heterocycles. The van der Waals surface area contributed by atoms with Crippen LogP contribution in [0.5, 0.6) is 23.0 Å². The number of rotatable bonds is 5. The van der Waals surface area contributed by atoms with E-state index in [4.69, 9.17) is 18.9 Å². The molecule has 5 heteroatoms. The summed E-state index contributed by atoms with van der Waals surface area (Å²) in [5.74, 6) is 2.62. The molecule has 3 rings (SSSR count). The average molecular weight is 358 g/mol. The van der Waals surface area contributed by atoms with E-state index in [9.17, 15) is 5.11 Å². The molecule has 1 N–H and O–H groups in total. The summed E-state index contributed by atoms with van der Waals surface area (Å²) in [5, 5.41) is 9.84. The molecule has 140 valence electrons. The van der Waals surface area contributed by atoms with Gasteiger partial charge in [0.15, 0.2) is 23.0 Å². The zero-order valence-electron chi connectivity index (χ0n) is 15.9. The first kappa shape index (κ1) is 18.4. The van der Waals surface area contributed by atoms with Crippen molar-refractivity contribution in [2.75, 3.05) is 21.3 Å². The number of methoxy groups -OCH3 is 3. The molecule has 0 saturated carbocycles. The highest BCUT2D eigenvalue weighted by atomic mass is 16.5. The summed E-state index contributed by atoms with van der Waals surface area (Å²) in [6.07, 6.45) is -0.118. The topological polar surface area (TPSA) is 57.2 Å². The molecule has 0 amide bonds. The Morgan fingerprint density at radius 3 is 1.77 bits per heavy atom. The van der Waals surface area contributed by atoms with Crippen molar-refractivity contribution in [1.82, 2.24) is 0 Å². The van der Waals surface area contributed by atoms with Gasteiger partial charge < -0.3 is 24.1 Å². The summed E-state index contributed by atoms with van der Waals surface area (Å²) in [4.78, 5) is 0. The van der Waals surface area contributed by atoms with Crippen LogP contribution in [0.15, 0.2) is 36.4 Å². The SMILES string of the molecule is COc1cc([C@H]2O[C@@H](c3ccc(OC)c(OC)c3)[C@@H](C)[C@@H]2C)ccc1O. The normalized spacial score (nSPS) is 25.1. The largest absolute Gasteiger partial charge is 0.504 e. The fourth-order valence-electron chi connectivity index (χ4n) is 3.62. The van der Waals surface area contributed by atoms with Crippen molar-refractivity contribution >= 4 is 0 Å². The van der Waals surface area contributed by atoms with Gasteiger partial charge in [-0.05, 0) is 47.2 Å². The van der Waals surface area contributed by atoms with E-state index in [-0.39, 0.29) is 18.0 Å². The number of benzene rings is 2. The highest BCUT2D eigenvalue weighted by Gasteiger charge is 2.41. The van der Waals surface area contributed by atoms with E-state index in [1.165, 1.54) is 0 Å². The number of hydrogen-bond donors (Lipinski definition) is 1. The minimum atomic E-state index is -0.0717. The second-order valence-electron chi connectivity index (χ2n) is 6.74. The molecule has 0 aliphatic carbocycles. The zero-order valence-corrected chi connectivity index (χ0v) is 15.9. The van der Waals surface area contributed by atoms with Crippen LogP contribution < -0.4 is 14.2 Å². The van der Waals surface area contributed by atoms with Crippen LogP contribution in [0.25, 0.3) is 0 Å². The van der Waals surface area contributed by atoms with E-state index in [1.54, 1.807) is 27.4 Å². The van der Waals surface area contributed by atoms with E-state index in [0.717, 1.165) is 11.1 Å². The van der Waals surface area contributed by atoms with E-state index >= 15 is 0 Å². The van der Waals surface area contributed by atoms with Crippen molar-refractivity contribution in [2.45, 2.75) is 26.1 Å². The van der Waals surface area contributed by atoms with E-state index in [0.29, 0.717) is 29.1 Å². The zero-order chi connectivity index (χ0) is 18.8. The van der Waals surface area contributed by atoms with E-state index < -0.39 is 0 Å². The van der Waals surface area contributed by atoms with Gasteiger partial charge in [-0.3, -0.25) is 0 Å². The Morgan fingerprint density at radius 2 is 1.23 bits per heavy atom. The lowest BCUT2D eigenvalue weighted by Crippen LogP contribution is -2.10. The summed E-state index contributed by atoms with van der Waals surface area (Å²) in [7, 11) is 4.81. The first-order valence-electron chi connectivity index (χ1n) is 8.74. The molecule has 0 bridgehead atoms. The van der Waals surface area contributed by atoms with Crippen molar-refractivity contribution in [1.29, 1.82) is 0 Å². The molecule has 1 heterocycles. The third-order valence-corrected chi connectivity index (χ3v) is 5.35. The summed E-state index contributed by atoms with van der Waals surface area (Å²) in [6, 6.07) is 11.3. The smallest absolute Gasteiger partial charge is 0.161 e. The number of phenols is 1. The quantitative estimate of drug-likeness (QED) is 0.853. The maximum Gasteiger partial charge on any atom is 0.161 e. The predicted molar refractivity (Wildman–Crippen MR) is 99.1 cm³/mol. The van der Waals surface area contributed by atoms with Gasteiger partial charge in [-0.1, -0.05) is 26.0 Å². The van der Waals surface area contributed by atoms with Crippen LogP contribution in [-0.4, -0.2) is 26.4 Å². The Kier molecular flexibility index (Phi) is 5.28. The van der Waals surface area contributed by atoms with E-state index in [1.807, 2.05) is 30.3 Å². The molecule has 0 spiro atoms. The third-order valence-electron chi connectivity index (χ3n) is 5.35. The Morgan fingerprint density at radius 1 is 0.731 bits per heavy atom. The summed E-state index contributed by atoms with van der Waals surface area (Å²) >= 11 is 0. The minimum absolute atomic E-state index is 0.0467. The number of ether oxygens (including phenoxy) is 4. The fraction of sp³-hybridized carbons (Fsp3) is 0.429. The molecule has 0 radical (unpaired) electrons. The molecule has 0 unspecified atom stereocenters. The molecule has 4 atom stereocenters. The van der Waals surface area contributed by atoms with Gasteiger partial charge >= 0.3 is 0 Å². The maximum atomic E-state index is 9.84. The lowest BCUT2D eigenvalue weighted by Gasteiger charge is -2.18. The predicted octanol–water partition coefficient (Wildman–Crippen LogP) is 4.50. The highest BCUT2D eigenvalue weighted by Crippen LogP contribution is 2.50. The Labute approximate surface area is 154 Å². The van der Waals surface area contributed by atoms with Crippen molar-refractivity contribution in [3.8, 4) is 23.0 Å². The number of phenolic OH excluding ortho intramolecular Hbond substituents is 1. The molecular weight excluding hydrogens is 332 g/mol. The van der Waals surface area contributed by atoms with Crippen molar-refractivity contribution in [3.05, 3.63) is 47.5 Å². The van der Waals surface area contributed by atoms with Gasteiger partial charge in [0.25, 0.3) is 0 Å². The van der Waals surface area contributed by atoms with Crippen LogP contribution in [0, 0.1) is 11.8 Å². The summed E-state index contributed by atoms with van der Waals surface area (Å²) in [5.41, 5.74) is 2.07. The molecule has 26 heavy (non-hydrogen) atoms. The lowest BCUT2D eigenvalue weighted by molar-refractivity contribution is 0.0288. The van der Waals surface area contributed by atoms with Crippen LogP contribution in [0.2, 0.25) is 0 Å². The molecule has 2 aromatic rings. The Hall–Kier alpha value is -2.40. The molecule has 1 saturated heterocycles. The minimum Gasteiger partial charge on any atom is -0.504 e. The van der Waals surface area contributed by atoms with Gasteiger partial charge in [0.05, 0.1) is 33.5 Å². The second-order valence-corrected chi connectivity index (χ2v) is 6.74. The van der Waals surface area contributed by atoms with Gasteiger partial charge in [-0.2, -0.15) is 0 Å². The Balaban J connectivity index is 1.90. The summed E-state index contributed by atoms with van der Waals surface area (Å²) in [6.45, 7) is 4.39. The third kappa shape index (κ3) is 3.19. The van der Waals surface area contributed by atoms with Gasteiger partial charge in [0.2, 0.25) is 0 Å². The fourth-order valence-corrected chi connectivity index (χ4v) is 3.62. The van der Waals surface area contributed by atoms with Crippen LogP contribution in [0.1, 0.15) is 37.2 Å². The lowest BCUT2D eigenvalue weighted by atomic mass is 9.85. The van der Waals surface area contributed by atoms with Crippen molar-refractivity contribution in [3.63, 3.8) is 0 Å². The van der Waals surface area contributed by atoms with Crippen LogP contribution >= 0.6 is 0 Å². The van der Waals surface area contributed by atoms with E-state index in [2.05, 4.69) is 13.8 Å². The first-order valence-corrected chi connectivity index (χ1v) is 8.74. The molecule has 2 aromatic carbocycles.